The summed E-state index contributed by atoms with van der Waals surface area (Å²) in [6, 6.07) is 8.30. The number of aliphatic imine (C=N–C) groups is 2. The third-order valence-corrected chi connectivity index (χ3v) is 17.0. The zero-order valence-electron chi connectivity index (χ0n) is 37.8. The Kier molecular flexibility index (Phi) is 12.0. The Morgan fingerprint density at radius 3 is 1.79 bits per heavy atom. The van der Waals surface area contributed by atoms with Crippen LogP contribution in [0.25, 0.3) is 20.4 Å². The third-order valence-electron chi connectivity index (χ3n) is 14.3. The number of rotatable bonds is 10. The molecule has 11 rings (SSSR count). The second-order valence-electron chi connectivity index (χ2n) is 17.8. The van der Waals surface area contributed by atoms with Gasteiger partial charge in [-0.25, -0.2) is 19.9 Å². The second kappa shape index (κ2) is 17.9. The molecule has 66 heavy (non-hydrogen) atoms. The summed E-state index contributed by atoms with van der Waals surface area (Å²) in [5, 5.41) is 8.85. The molecule has 6 aromatic rings. The molecule has 0 bridgehead atoms. The molecule has 2 aromatic carbocycles. The molecule has 3 aliphatic heterocycles. The molecule has 17 heteroatoms. The largest absolute Gasteiger partial charge is 0.495 e. The van der Waals surface area contributed by atoms with E-state index in [0.29, 0.717) is 39.3 Å². The number of aromatic nitrogens is 4. The molecule has 2 N–H and O–H groups in total. The topological polar surface area (TPSA) is 165 Å². The number of nitrogens with zero attached hydrogens (tertiary/aromatic N) is 7. The van der Waals surface area contributed by atoms with E-state index < -0.39 is 5.41 Å². The number of morpholine rings is 1. The third kappa shape index (κ3) is 7.78. The molecular weight excluding hydrogens is 894 g/mol. The van der Waals surface area contributed by atoms with Crippen LogP contribution in [-0.4, -0.2) is 88.4 Å². The molecule has 1 saturated heterocycles. The monoisotopic (exact) mass is 945 g/mol. The number of carbonyl (C=O) groups is 2. The summed E-state index contributed by atoms with van der Waals surface area (Å²) in [4.78, 5) is 59.4. The normalized spacial score (nSPS) is 21.4. The van der Waals surface area contributed by atoms with E-state index in [1.165, 1.54) is 20.9 Å². The minimum Gasteiger partial charge on any atom is -0.495 e. The molecule has 342 valence electrons. The minimum atomic E-state index is -0.473. The zero-order valence-corrected chi connectivity index (χ0v) is 40.1. The summed E-state index contributed by atoms with van der Waals surface area (Å²) >= 11 is 9.33. The van der Waals surface area contributed by atoms with E-state index in [9.17, 15) is 9.59 Å². The number of aryl methyl sites for hydroxylation is 2. The molecule has 0 unspecified atom stereocenters. The van der Waals surface area contributed by atoms with E-state index in [1.54, 1.807) is 49.5 Å². The van der Waals surface area contributed by atoms with Crippen LogP contribution in [0, 0.1) is 10.8 Å². The van der Waals surface area contributed by atoms with Gasteiger partial charge in [0.25, 0.3) is 0 Å². The first-order valence-corrected chi connectivity index (χ1v) is 24.6. The lowest BCUT2D eigenvalue weighted by molar-refractivity contribution is -0.151. The van der Waals surface area contributed by atoms with Gasteiger partial charge in [0, 0.05) is 34.1 Å². The quantitative estimate of drug-likeness (QED) is 0.126. The first-order chi connectivity index (χ1) is 32.1. The van der Waals surface area contributed by atoms with Crippen molar-refractivity contribution in [3.05, 3.63) is 80.1 Å². The van der Waals surface area contributed by atoms with Crippen molar-refractivity contribution in [2.75, 3.05) is 44.6 Å². The van der Waals surface area contributed by atoms with Crippen molar-refractivity contribution >= 4 is 101 Å². The molecule has 14 nitrogen and oxygen atoms in total. The minimum absolute atomic E-state index is 0.118. The van der Waals surface area contributed by atoms with Gasteiger partial charge in [0.2, 0.25) is 11.1 Å². The number of carbonyl (C=O) groups excluding carboxylic acids is 2. The average molecular weight is 947 g/mol. The van der Waals surface area contributed by atoms with E-state index in [0.717, 1.165) is 122 Å². The molecule has 0 radical (unpaired) electrons. The molecule has 3 atom stereocenters. The van der Waals surface area contributed by atoms with Crippen molar-refractivity contribution in [2.24, 2.45) is 20.8 Å². The Morgan fingerprint density at radius 1 is 0.788 bits per heavy atom. The predicted molar refractivity (Wildman–Crippen MR) is 262 cm³/mol. The second-order valence-corrected chi connectivity index (χ2v) is 20.3. The Bertz CT molecular complexity index is 2970. The van der Waals surface area contributed by atoms with Gasteiger partial charge in [0.15, 0.2) is 0 Å². The maximum atomic E-state index is 13.8. The lowest BCUT2D eigenvalue weighted by atomic mass is 9.71. The van der Waals surface area contributed by atoms with Gasteiger partial charge in [-0.15, -0.1) is 22.7 Å². The smallest absolute Gasteiger partial charge is 0.229 e. The number of hydrogen-bond acceptors (Lipinski definition) is 15. The van der Waals surface area contributed by atoms with Gasteiger partial charge in [0.1, 0.15) is 45.5 Å². The highest BCUT2D eigenvalue weighted by molar-refractivity contribution is 7.19. The van der Waals surface area contributed by atoms with Gasteiger partial charge in [-0.05, 0) is 128 Å². The summed E-state index contributed by atoms with van der Waals surface area (Å²) in [6.45, 7) is 9.54. The van der Waals surface area contributed by atoms with Gasteiger partial charge in [0.05, 0.1) is 74.1 Å². The molecular formula is C49H52ClN9O5S2. The number of ether oxygens (including phenoxy) is 3. The van der Waals surface area contributed by atoms with E-state index in [4.69, 9.17) is 25.8 Å². The number of nitrogens with one attached hydrogen (secondary N) is 2. The summed E-state index contributed by atoms with van der Waals surface area (Å²) in [5.41, 5.74) is 7.85. The predicted octanol–water partition coefficient (Wildman–Crippen LogP) is 9.53. The number of anilines is 4. The SMILES string of the molecule is CC[C@]1(C(=O)Cl)CCc2c(sc3ncnc(Nc4cc5c(cc4OC)CN=C5)c23)C1.CC[C@]1(C(=O)N2CCOC[C@H]2C)CCc2c(sc3ncnc(Nc4cc5c(cc4OC)CN=C5)c23)C1. The fourth-order valence-electron chi connectivity index (χ4n) is 10.2. The summed E-state index contributed by atoms with van der Waals surface area (Å²) < 4.78 is 16.9. The van der Waals surface area contributed by atoms with Crippen LogP contribution in [0.1, 0.15) is 89.6 Å². The lowest BCUT2D eigenvalue weighted by Crippen LogP contribution is -2.54. The van der Waals surface area contributed by atoms with E-state index >= 15 is 0 Å². The molecule has 1 fully saturated rings. The lowest BCUT2D eigenvalue weighted by Gasteiger charge is -2.43. The van der Waals surface area contributed by atoms with Crippen molar-refractivity contribution < 1.29 is 23.8 Å². The Morgan fingerprint density at radius 2 is 1.30 bits per heavy atom. The Labute approximate surface area is 396 Å². The fraction of sp³-hybridized carbons (Fsp3) is 0.429. The van der Waals surface area contributed by atoms with Crippen LogP contribution in [0.4, 0.5) is 23.0 Å². The summed E-state index contributed by atoms with van der Waals surface area (Å²) in [5.74, 6) is 3.34. The molecule has 4 aromatic heterocycles. The number of thiophene rings is 2. The van der Waals surface area contributed by atoms with Crippen LogP contribution >= 0.6 is 34.3 Å². The van der Waals surface area contributed by atoms with E-state index in [2.05, 4.69) is 60.5 Å². The van der Waals surface area contributed by atoms with Crippen LogP contribution in [0.5, 0.6) is 11.5 Å². The van der Waals surface area contributed by atoms with E-state index in [1.807, 2.05) is 42.5 Å². The summed E-state index contributed by atoms with van der Waals surface area (Å²) in [6.07, 6.45) is 13.2. The molecule has 5 aliphatic rings. The van der Waals surface area contributed by atoms with Crippen LogP contribution in [0.3, 0.4) is 0 Å². The number of hydrogen-bond donors (Lipinski definition) is 2. The Hall–Kier alpha value is -5.55. The molecule has 1 amide bonds. The number of fused-ring (bicyclic) bond motifs is 8. The molecule has 0 saturated carbocycles. The number of halogens is 1. The van der Waals surface area contributed by atoms with Crippen LogP contribution in [0.2, 0.25) is 0 Å². The highest BCUT2D eigenvalue weighted by atomic mass is 35.5. The Balaban J connectivity index is 0.000000158. The fourth-order valence-corrected chi connectivity index (χ4v) is 13.2. The first-order valence-electron chi connectivity index (χ1n) is 22.6. The number of benzene rings is 2. The van der Waals surface area contributed by atoms with Gasteiger partial charge in [-0.1, -0.05) is 13.8 Å². The summed E-state index contributed by atoms with van der Waals surface area (Å²) in [7, 11) is 3.35. The maximum absolute atomic E-state index is 13.8. The van der Waals surface area contributed by atoms with Gasteiger partial charge in [-0.3, -0.25) is 19.6 Å². The standard InChI is InChI=1S/C27H31N5O3S.C22H21ClN4O2S/c1-4-27(26(33)32-7-8-35-14-16(32)2)6-5-19-22(11-27)36-25-23(19)24(29-15-30-25)31-20-9-17-12-28-13-18(17)10-21(20)34-3;1-3-22(21(23)28)5-4-14-17(8-22)30-20-18(14)19(25-11-26-20)27-15-6-12-9-24-10-13(12)7-16(15)29-2/h9-10,12,15-16H,4-8,11,13-14H2,1-3H3,(H,29,30,31);6-7,9,11H,3-5,8,10H2,1-2H3,(H,25,26,27)/t16-,27+;22-/m10/s1. The highest BCUT2D eigenvalue weighted by Gasteiger charge is 2.45. The maximum Gasteiger partial charge on any atom is 0.229 e. The van der Waals surface area contributed by atoms with Gasteiger partial charge in [-0.2, -0.15) is 0 Å². The average Bonchev–Trinajstić information content (AvgIpc) is 4.15. The molecule has 7 heterocycles. The number of amides is 1. The van der Waals surface area contributed by atoms with Gasteiger partial charge >= 0.3 is 0 Å². The van der Waals surface area contributed by atoms with Crippen molar-refractivity contribution in [1.82, 2.24) is 24.8 Å². The molecule has 0 spiro atoms. The first kappa shape index (κ1) is 44.3. The molecule has 2 aliphatic carbocycles. The van der Waals surface area contributed by atoms with Crippen LogP contribution in [-0.2, 0) is 53.1 Å². The van der Waals surface area contributed by atoms with Crippen LogP contribution < -0.4 is 20.1 Å². The van der Waals surface area contributed by atoms with Crippen molar-refractivity contribution in [2.45, 2.75) is 91.3 Å². The zero-order chi connectivity index (χ0) is 45.7. The van der Waals surface area contributed by atoms with Gasteiger partial charge < -0.3 is 29.7 Å². The van der Waals surface area contributed by atoms with Crippen molar-refractivity contribution in [3.63, 3.8) is 0 Å². The van der Waals surface area contributed by atoms with Crippen LogP contribution in [0.15, 0.2) is 46.9 Å². The highest BCUT2D eigenvalue weighted by Crippen LogP contribution is 2.49. The van der Waals surface area contributed by atoms with Crippen molar-refractivity contribution in [3.8, 4) is 11.5 Å². The van der Waals surface area contributed by atoms with Crippen molar-refractivity contribution in [1.29, 1.82) is 0 Å². The number of methoxy groups -OCH3 is 2. The van der Waals surface area contributed by atoms with E-state index in [-0.39, 0.29) is 22.6 Å².